The normalized spacial score (nSPS) is 12.3. The Morgan fingerprint density at radius 1 is 1.16 bits per heavy atom. The highest BCUT2D eigenvalue weighted by Crippen LogP contribution is 2.39. The lowest BCUT2D eigenvalue weighted by molar-refractivity contribution is -0.137. The van der Waals surface area contributed by atoms with Crippen LogP contribution in [0.25, 0.3) is 5.82 Å². The number of carboxylic acids is 1. The van der Waals surface area contributed by atoms with Gasteiger partial charge in [0.05, 0.1) is 32.9 Å². The summed E-state index contributed by atoms with van der Waals surface area (Å²) < 4.78 is 40.4. The second-order valence-electron chi connectivity index (χ2n) is 6.37. The Kier molecular flexibility index (Phi) is 6.55. The molecule has 2 aromatic heterocycles. The van der Waals surface area contributed by atoms with E-state index in [1.54, 1.807) is 6.92 Å². The summed E-state index contributed by atoms with van der Waals surface area (Å²) in [7, 11) is 0. The molecule has 2 amide bonds. The number of alkyl halides is 3. The highest BCUT2D eigenvalue weighted by Gasteiger charge is 2.34. The molecule has 0 bridgehead atoms. The molecule has 0 aliphatic heterocycles. The number of aromatic carboxylic acids is 1. The second-order valence-corrected chi connectivity index (χ2v) is 7.18. The van der Waals surface area contributed by atoms with E-state index in [0.29, 0.717) is 6.07 Å². The average molecular weight is 489 g/mol. The molecule has 32 heavy (non-hydrogen) atoms. The van der Waals surface area contributed by atoms with E-state index in [2.05, 4.69) is 25.7 Å². The summed E-state index contributed by atoms with van der Waals surface area (Å²) in [6.07, 6.45) is -2.40. The number of urea groups is 1. The first kappa shape index (κ1) is 23.3. The summed E-state index contributed by atoms with van der Waals surface area (Å²) >= 11 is 11.5. The number of carboxylic acid groups (broad SMARTS) is 1. The first-order valence-electron chi connectivity index (χ1n) is 8.70. The molecule has 3 rings (SSSR count). The van der Waals surface area contributed by atoms with E-state index in [-0.39, 0.29) is 27.9 Å². The number of halogens is 5. The number of aromatic nitrogens is 4. The van der Waals surface area contributed by atoms with Crippen LogP contribution >= 0.6 is 23.2 Å². The van der Waals surface area contributed by atoms with Crippen molar-refractivity contribution in [3.05, 3.63) is 63.8 Å². The largest absolute Gasteiger partial charge is 0.478 e. The summed E-state index contributed by atoms with van der Waals surface area (Å²) in [5.74, 6) is -0.676. The zero-order valence-corrected chi connectivity index (χ0v) is 17.5. The van der Waals surface area contributed by atoms with Crippen LogP contribution in [0.2, 0.25) is 10.0 Å². The van der Waals surface area contributed by atoms with Crippen molar-refractivity contribution >= 4 is 40.9 Å². The monoisotopic (exact) mass is 488 g/mol. The van der Waals surface area contributed by atoms with E-state index in [0.717, 1.165) is 12.3 Å². The van der Waals surface area contributed by atoms with Gasteiger partial charge in [-0.2, -0.15) is 23.0 Å². The van der Waals surface area contributed by atoms with E-state index >= 15 is 0 Å². The van der Waals surface area contributed by atoms with Crippen molar-refractivity contribution in [2.45, 2.75) is 19.1 Å². The van der Waals surface area contributed by atoms with Gasteiger partial charge in [-0.25, -0.2) is 19.6 Å². The van der Waals surface area contributed by atoms with Gasteiger partial charge in [-0.1, -0.05) is 23.2 Å². The number of nitrogens with zero attached hydrogens (tertiary/aromatic N) is 4. The quantitative estimate of drug-likeness (QED) is 0.483. The summed E-state index contributed by atoms with van der Waals surface area (Å²) in [5.41, 5.74) is -1.47. The van der Waals surface area contributed by atoms with Crippen LogP contribution in [0.3, 0.4) is 0 Å². The lowest BCUT2D eigenvalue weighted by Gasteiger charge is -2.17. The first-order chi connectivity index (χ1) is 15.0. The van der Waals surface area contributed by atoms with Gasteiger partial charge in [-0.3, -0.25) is 0 Å². The average Bonchev–Trinajstić information content (AvgIpc) is 3.19. The van der Waals surface area contributed by atoms with Crippen molar-refractivity contribution in [2.75, 3.05) is 5.32 Å². The molecular formula is C18H13Cl2F3N6O3. The Bertz CT molecular complexity index is 1170. The molecule has 168 valence electrons. The second kappa shape index (κ2) is 9.01. The maximum absolute atomic E-state index is 13.1. The standard InChI is InChI=1S/C18H13Cl2F3N6O3/c1-8(15-25-7-26-29(15)14-3-2-9(6-24-14)16(30)31)27-17(32)28-13-4-10(18(21,22)23)11(19)5-12(13)20/h2-8H,1H3,(H,30,31)(H2,27,28,32). The summed E-state index contributed by atoms with van der Waals surface area (Å²) in [4.78, 5) is 31.4. The summed E-state index contributed by atoms with van der Waals surface area (Å²) in [5, 5.41) is 16.9. The Labute approximate surface area is 188 Å². The molecule has 0 saturated carbocycles. The molecule has 0 aliphatic carbocycles. The molecule has 0 radical (unpaired) electrons. The molecule has 14 heteroatoms. The number of hydrogen-bond donors (Lipinski definition) is 3. The van der Waals surface area contributed by atoms with Crippen LogP contribution < -0.4 is 10.6 Å². The number of carbonyl (C=O) groups is 2. The number of rotatable bonds is 5. The van der Waals surface area contributed by atoms with Gasteiger partial charge < -0.3 is 15.7 Å². The van der Waals surface area contributed by atoms with E-state index in [9.17, 15) is 22.8 Å². The molecule has 9 nitrogen and oxygen atoms in total. The van der Waals surface area contributed by atoms with E-state index < -0.39 is 34.8 Å². The zero-order valence-electron chi connectivity index (χ0n) is 16.0. The molecule has 0 aliphatic rings. The molecule has 2 heterocycles. The van der Waals surface area contributed by atoms with Crippen LogP contribution in [0, 0.1) is 0 Å². The molecule has 3 aromatic rings. The SMILES string of the molecule is CC(NC(=O)Nc1cc(C(F)(F)F)c(Cl)cc1Cl)c1ncnn1-c1ccc(C(=O)O)cn1. The molecule has 0 saturated heterocycles. The Morgan fingerprint density at radius 2 is 1.88 bits per heavy atom. The third-order valence-corrected chi connectivity index (χ3v) is 4.76. The number of carbonyl (C=O) groups excluding carboxylic acids is 1. The van der Waals surface area contributed by atoms with Gasteiger partial charge in [0.15, 0.2) is 11.6 Å². The first-order valence-corrected chi connectivity index (χ1v) is 9.46. The highest BCUT2D eigenvalue weighted by atomic mass is 35.5. The van der Waals surface area contributed by atoms with Gasteiger partial charge in [0.1, 0.15) is 6.33 Å². The Balaban J connectivity index is 1.77. The zero-order chi connectivity index (χ0) is 23.6. The fraction of sp³-hybridized carbons (Fsp3) is 0.167. The number of amides is 2. The molecule has 1 atom stereocenters. The van der Waals surface area contributed by atoms with Gasteiger partial charge >= 0.3 is 18.2 Å². The molecule has 0 spiro atoms. The fourth-order valence-electron chi connectivity index (χ4n) is 2.64. The molecule has 1 aromatic carbocycles. The van der Waals surface area contributed by atoms with Crippen LogP contribution in [-0.2, 0) is 6.18 Å². The van der Waals surface area contributed by atoms with Crippen LogP contribution in [-0.4, -0.2) is 36.9 Å². The Hall–Kier alpha value is -3.38. The molecule has 1 unspecified atom stereocenters. The Morgan fingerprint density at radius 3 is 2.47 bits per heavy atom. The number of pyridine rings is 1. The lowest BCUT2D eigenvalue weighted by Crippen LogP contribution is -2.32. The van der Waals surface area contributed by atoms with Crippen molar-refractivity contribution in [3.63, 3.8) is 0 Å². The predicted molar refractivity (Wildman–Crippen MR) is 108 cm³/mol. The summed E-state index contributed by atoms with van der Waals surface area (Å²) in [6.45, 7) is 1.55. The lowest BCUT2D eigenvalue weighted by atomic mass is 10.2. The smallest absolute Gasteiger partial charge is 0.417 e. The minimum Gasteiger partial charge on any atom is -0.478 e. The van der Waals surface area contributed by atoms with E-state index in [1.807, 2.05) is 0 Å². The van der Waals surface area contributed by atoms with Crippen molar-refractivity contribution in [3.8, 4) is 5.82 Å². The maximum atomic E-state index is 13.1. The molecular weight excluding hydrogens is 476 g/mol. The van der Waals surface area contributed by atoms with Gasteiger partial charge in [-0.05, 0) is 31.2 Å². The minimum atomic E-state index is -4.73. The van der Waals surface area contributed by atoms with Crippen molar-refractivity contribution in [1.82, 2.24) is 25.1 Å². The number of benzene rings is 1. The van der Waals surface area contributed by atoms with Gasteiger partial charge in [-0.15, -0.1) is 0 Å². The number of nitrogens with one attached hydrogen (secondary N) is 2. The fourth-order valence-corrected chi connectivity index (χ4v) is 3.18. The van der Waals surface area contributed by atoms with Crippen molar-refractivity contribution in [2.24, 2.45) is 0 Å². The topological polar surface area (TPSA) is 122 Å². The van der Waals surface area contributed by atoms with Gasteiger partial charge in [0.2, 0.25) is 0 Å². The minimum absolute atomic E-state index is 0.0287. The van der Waals surface area contributed by atoms with Crippen LogP contribution in [0.1, 0.15) is 34.7 Å². The van der Waals surface area contributed by atoms with Crippen LogP contribution in [0.5, 0.6) is 0 Å². The predicted octanol–water partition coefficient (Wildman–Crippen LogP) is 4.57. The number of anilines is 1. The van der Waals surface area contributed by atoms with Gasteiger partial charge in [0.25, 0.3) is 0 Å². The van der Waals surface area contributed by atoms with Crippen LogP contribution in [0.15, 0.2) is 36.8 Å². The van der Waals surface area contributed by atoms with Gasteiger partial charge in [0, 0.05) is 6.20 Å². The molecule has 0 fully saturated rings. The highest BCUT2D eigenvalue weighted by molar-refractivity contribution is 6.37. The summed E-state index contributed by atoms with van der Waals surface area (Å²) in [6, 6.07) is 2.60. The van der Waals surface area contributed by atoms with Crippen molar-refractivity contribution in [1.29, 1.82) is 0 Å². The van der Waals surface area contributed by atoms with E-state index in [1.165, 1.54) is 23.1 Å². The van der Waals surface area contributed by atoms with E-state index in [4.69, 9.17) is 28.3 Å². The third-order valence-electron chi connectivity index (χ3n) is 4.13. The van der Waals surface area contributed by atoms with Crippen LogP contribution in [0.4, 0.5) is 23.7 Å². The molecule has 3 N–H and O–H groups in total. The maximum Gasteiger partial charge on any atom is 0.417 e. The number of hydrogen-bond acceptors (Lipinski definition) is 5. The third kappa shape index (κ3) is 5.08. The van der Waals surface area contributed by atoms with Crippen molar-refractivity contribution < 1.29 is 27.9 Å².